The fourth-order valence-electron chi connectivity index (χ4n) is 2.28. The summed E-state index contributed by atoms with van der Waals surface area (Å²) in [5, 5.41) is 12.0. The minimum Gasteiger partial charge on any atom is -0.444 e. The predicted octanol–water partition coefficient (Wildman–Crippen LogP) is 1.14. The van der Waals surface area contributed by atoms with E-state index in [1.807, 2.05) is 20.8 Å². The number of aliphatic hydroxyl groups is 1. The average Bonchev–Trinajstić information content (AvgIpc) is 2.63. The number of ether oxygens (including phenoxy) is 1. The molecule has 1 aliphatic rings. The molecule has 1 rings (SSSR count). The molecule has 0 saturated heterocycles. The lowest BCUT2D eigenvalue weighted by molar-refractivity contribution is 0.0419. The van der Waals surface area contributed by atoms with Crippen LogP contribution in [0.2, 0.25) is 0 Å². The van der Waals surface area contributed by atoms with Crippen LogP contribution in [0.1, 0.15) is 46.5 Å². The Labute approximate surface area is 103 Å². The van der Waals surface area contributed by atoms with Crippen LogP contribution in [0.25, 0.3) is 0 Å². The standard InChI is InChI=1S/C12H24N2O3/c1-11(2,3)17-10(16)14-12(9(13)8-15)6-4-5-7-12/h9,15H,4-8,13H2,1-3H3,(H,14,16)/t9-/m1/s1. The zero-order chi connectivity index (χ0) is 13.1. The molecule has 0 aromatic rings. The molecule has 0 radical (unpaired) electrons. The van der Waals surface area contributed by atoms with Crippen molar-refractivity contribution < 1.29 is 14.6 Å². The number of amides is 1. The van der Waals surface area contributed by atoms with Gasteiger partial charge in [-0.05, 0) is 33.6 Å². The highest BCUT2D eigenvalue weighted by Gasteiger charge is 2.41. The summed E-state index contributed by atoms with van der Waals surface area (Å²) in [6.07, 6.45) is 3.18. The van der Waals surface area contributed by atoms with Crippen molar-refractivity contribution in [2.24, 2.45) is 5.73 Å². The van der Waals surface area contributed by atoms with E-state index in [-0.39, 0.29) is 6.61 Å². The molecule has 0 bridgehead atoms. The van der Waals surface area contributed by atoms with E-state index in [4.69, 9.17) is 10.5 Å². The van der Waals surface area contributed by atoms with Crippen LogP contribution in [0, 0.1) is 0 Å². The predicted molar refractivity (Wildman–Crippen MR) is 65.6 cm³/mol. The van der Waals surface area contributed by atoms with Crippen molar-refractivity contribution in [3.05, 3.63) is 0 Å². The molecular formula is C12H24N2O3. The topological polar surface area (TPSA) is 84.6 Å². The number of hydrogen-bond acceptors (Lipinski definition) is 4. The maximum Gasteiger partial charge on any atom is 0.408 e. The molecule has 1 aliphatic carbocycles. The van der Waals surface area contributed by atoms with Gasteiger partial charge in [-0.1, -0.05) is 12.8 Å². The van der Waals surface area contributed by atoms with Crippen LogP contribution in [-0.2, 0) is 4.74 Å². The van der Waals surface area contributed by atoms with E-state index in [2.05, 4.69) is 5.32 Å². The second kappa shape index (κ2) is 5.23. The molecule has 100 valence electrons. The van der Waals surface area contributed by atoms with E-state index in [0.717, 1.165) is 25.7 Å². The summed E-state index contributed by atoms with van der Waals surface area (Å²) in [6.45, 7) is 5.33. The second-order valence-electron chi connectivity index (χ2n) is 5.78. The van der Waals surface area contributed by atoms with Gasteiger partial charge in [0.2, 0.25) is 0 Å². The Kier molecular flexibility index (Phi) is 4.38. The van der Waals surface area contributed by atoms with Crippen molar-refractivity contribution in [1.82, 2.24) is 5.32 Å². The molecule has 0 heterocycles. The highest BCUT2D eigenvalue weighted by Crippen LogP contribution is 2.32. The van der Waals surface area contributed by atoms with Crippen molar-refractivity contribution in [2.75, 3.05) is 6.61 Å². The van der Waals surface area contributed by atoms with Gasteiger partial charge in [0, 0.05) is 0 Å². The number of nitrogens with one attached hydrogen (secondary N) is 1. The van der Waals surface area contributed by atoms with Gasteiger partial charge in [0.15, 0.2) is 0 Å². The Balaban J connectivity index is 2.65. The molecule has 0 spiro atoms. The Morgan fingerprint density at radius 2 is 2.00 bits per heavy atom. The lowest BCUT2D eigenvalue weighted by atomic mass is 9.89. The van der Waals surface area contributed by atoms with Gasteiger partial charge in [-0.3, -0.25) is 0 Å². The summed E-state index contributed by atoms with van der Waals surface area (Å²) in [5.41, 5.74) is 4.88. The third-order valence-corrected chi connectivity index (χ3v) is 3.15. The van der Waals surface area contributed by atoms with Crippen molar-refractivity contribution in [3.63, 3.8) is 0 Å². The van der Waals surface area contributed by atoms with Crippen molar-refractivity contribution in [3.8, 4) is 0 Å². The van der Waals surface area contributed by atoms with E-state index in [0.29, 0.717) is 0 Å². The quantitative estimate of drug-likeness (QED) is 0.695. The van der Waals surface area contributed by atoms with Crippen LogP contribution in [0.4, 0.5) is 4.79 Å². The molecule has 5 heteroatoms. The number of aliphatic hydroxyl groups excluding tert-OH is 1. The molecule has 0 aliphatic heterocycles. The molecule has 1 atom stereocenters. The summed E-state index contributed by atoms with van der Waals surface area (Å²) in [5.74, 6) is 0. The molecule has 1 saturated carbocycles. The summed E-state index contributed by atoms with van der Waals surface area (Å²) in [6, 6.07) is -0.433. The van der Waals surface area contributed by atoms with Gasteiger partial charge >= 0.3 is 6.09 Å². The summed E-state index contributed by atoms with van der Waals surface area (Å²) in [7, 11) is 0. The van der Waals surface area contributed by atoms with Crippen LogP contribution in [0.15, 0.2) is 0 Å². The Morgan fingerprint density at radius 3 is 2.41 bits per heavy atom. The second-order valence-corrected chi connectivity index (χ2v) is 5.78. The molecule has 0 aromatic carbocycles. The molecule has 17 heavy (non-hydrogen) atoms. The van der Waals surface area contributed by atoms with Gasteiger partial charge in [0.25, 0.3) is 0 Å². The van der Waals surface area contributed by atoms with Crippen molar-refractivity contribution in [2.45, 2.75) is 63.6 Å². The monoisotopic (exact) mass is 244 g/mol. The minimum atomic E-state index is -0.521. The number of carbonyl (C=O) groups is 1. The largest absolute Gasteiger partial charge is 0.444 e. The molecule has 5 nitrogen and oxygen atoms in total. The fraction of sp³-hybridized carbons (Fsp3) is 0.917. The fourth-order valence-corrected chi connectivity index (χ4v) is 2.28. The maximum atomic E-state index is 11.8. The van der Waals surface area contributed by atoms with E-state index >= 15 is 0 Å². The number of carbonyl (C=O) groups excluding carboxylic acids is 1. The SMILES string of the molecule is CC(C)(C)OC(=O)NC1([C@H](N)CO)CCCC1. The first kappa shape index (κ1) is 14.3. The highest BCUT2D eigenvalue weighted by atomic mass is 16.6. The van der Waals surface area contributed by atoms with Crippen LogP contribution >= 0.6 is 0 Å². The zero-order valence-electron chi connectivity index (χ0n) is 11.0. The first-order chi connectivity index (χ1) is 7.79. The van der Waals surface area contributed by atoms with E-state index in [1.165, 1.54) is 0 Å². The lowest BCUT2D eigenvalue weighted by Crippen LogP contribution is -2.60. The van der Waals surface area contributed by atoms with Crippen LogP contribution < -0.4 is 11.1 Å². The Hall–Kier alpha value is -0.810. The van der Waals surface area contributed by atoms with E-state index in [1.54, 1.807) is 0 Å². The van der Waals surface area contributed by atoms with Gasteiger partial charge in [0.05, 0.1) is 18.2 Å². The molecule has 1 amide bonds. The van der Waals surface area contributed by atoms with Crippen LogP contribution in [0.5, 0.6) is 0 Å². The van der Waals surface area contributed by atoms with Gasteiger partial charge < -0.3 is 20.9 Å². The Morgan fingerprint density at radius 1 is 1.47 bits per heavy atom. The summed E-state index contributed by atoms with van der Waals surface area (Å²) < 4.78 is 5.23. The molecular weight excluding hydrogens is 220 g/mol. The summed E-state index contributed by atoms with van der Waals surface area (Å²) >= 11 is 0. The summed E-state index contributed by atoms with van der Waals surface area (Å²) in [4.78, 5) is 11.8. The van der Waals surface area contributed by atoms with E-state index < -0.39 is 23.3 Å². The average molecular weight is 244 g/mol. The first-order valence-electron chi connectivity index (χ1n) is 6.17. The maximum absolute atomic E-state index is 11.8. The molecule has 0 aromatic heterocycles. The lowest BCUT2D eigenvalue weighted by Gasteiger charge is -2.35. The van der Waals surface area contributed by atoms with Gasteiger partial charge in [0.1, 0.15) is 5.60 Å². The third-order valence-electron chi connectivity index (χ3n) is 3.15. The minimum absolute atomic E-state index is 0.129. The normalized spacial score (nSPS) is 21.0. The molecule has 1 fully saturated rings. The zero-order valence-corrected chi connectivity index (χ0v) is 11.0. The number of alkyl carbamates (subject to hydrolysis) is 1. The van der Waals surface area contributed by atoms with Gasteiger partial charge in [-0.25, -0.2) is 4.79 Å². The third kappa shape index (κ3) is 3.85. The van der Waals surface area contributed by atoms with Crippen LogP contribution in [-0.4, -0.2) is 35.0 Å². The van der Waals surface area contributed by atoms with Crippen molar-refractivity contribution >= 4 is 6.09 Å². The van der Waals surface area contributed by atoms with Crippen molar-refractivity contribution in [1.29, 1.82) is 0 Å². The molecule has 0 unspecified atom stereocenters. The number of rotatable bonds is 3. The Bertz CT molecular complexity index is 267. The molecule has 4 N–H and O–H groups in total. The van der Waals surface area contributed by atoms with Gasteiger partial charge in [-0.15, -0.1) is 0 Å². The van der Waals surface area contributed by atoms with E-state index in [9.17, 15) is 9.90 Å². The van der Waals surface area contributed by atoms with Crippen LogP contribution in [0.3, 0.4) is 0 Å². The first-order valence-corrected chi connectivity index (χ1v) is 6.17. The number of nitrogens with two attached hydrogens (primary N) is 1. The smallest absolute Gasteiger partial charge is 0.408 e. The number of hydrogen-bond donors (Lipinski definition) is 3. The van der Waals surface area contributed by atoms with Gasteiger partial charge in [-0.2, -0.15) is 0 Å². The highest BCUT2D eigenvalue weighted by molar-refractivity contribution is 5.69.